The van der Waals surface area contributed by atoms with Crippen LogP contribution in [0.1, 0.15) is 53.4 Å². The van der Waals surface area contributed by atoms with Crippen LogP contribution in [0, 0.1) is 5.92 Å². The van der Waals surface area contributed by atoms with Crippen LogP contribution in [0.2, 0.25) is 0 Å². The Hall–Kier alpha value is -2.60. The molecule has 2 aromatic carbocycles. The van der Waals surface area contributed by atoms with E-state index in [0.29, 0.717) is 23.7 Å². The van der Waals surface area contributed by atoms with Gasteiger partial charge in [-0.1, -0.05) is 96.6 Å². The number of benzene rings is 2. The zero-order chi connectivity index (χ0) is 18.0. The number of fused-ring (bicyclic) bond motifs is 4. The summed E-state index contributed by atoms with van der Waals surface area (Å²) in [5.74, 6) is 2.31. The first kappa shape index (κ1) is 15.5. The molecule has 4 aliphatic carbocycles. The van der Waals surface area contributed by atoms with Gasteiger partial charge >= 0.3 is 0 Å². The molecule has 0 aliphatic heterocycles. The monoisotopic (exact) mass is 348 g/mol. The summed E-state index contributed by atoms with van der Waals surface area (Å²) in [6.45, 7) is 2.08. The molecular weight excluding hydrogens is 324 g/mol. The maximum Gasteiger partial charge on any atom is 0.0314 e. The highest BCUT2D eigenvalue weighted by Gasteiger charge is 2.71. The number of allylic oxidation sites excluding steroid dienone is 8. The van der Waals surface area contributed by atoms with Crippen molar-refractivity contribution in [3.8, 4) is 0 Å². The van der Waals surface area contributed by atoms with E-state index in [1.807, 2.05) is 0 Å². The molecule has 5 atom stereocenters. The van der Waals surface area contributed by atoms with Crippen LogP contribution in [-0.4, -0.2) is 0 Å². The highest BCUT2D eigenvalue weighted by Crippen LogP contribution is 2.78. The van der Waals surface area contributed by atoms with E-state index in [-0.39, 0.29) is 5.41 Å². The molecular formula is C27H24. The first-order valence-corrected chi connectivity index (χ1v) is 10.2. The lowest BCUT2D eigenvalue weighted by Crippen LogP contribution is -2.34. The fourth-order valence-electron chi connectivity index (χ4n) is 6.47. The van der Waals surface area contributed by atoms with Crippen molar-refractivity contribution >= 4 is 0 Å². The van der Waals surface area contributed by atoms with Crippen molar-refractivity contribution in [2.75, 3.05) is 0 Å². The van der Waals surface area contributed by atoms with E-state index in [2.05, 4.69) is 98.0 Å². The second-order valence-electron chi connectivity index (χ2n) is 8.40. The minimum atomic E-state index is 0.240. The minimum Gasteiger partial charge on any atom is -0.0877 e. The number of hydrogen-bond acceptors (Lipinski definition) is 0. The van der Waals surface area contributed by atoms with Gasteiger partial charge in [-0.25, -0.2) is 0 Å². The van der Waals surface area contributed by atoms with Gasteiger partial charge in [0.1, 0.15) is 0 Å². The summed E-state index contributed by atoms with van der Waals surface area (Å²) in [5, 5.41) is 0. The van der Waals surface area contributed by atoms with Crippen molar-refractivity contribution in [1.29, 1.82) is 0 Å². The van der Waals surface area contributed by atoms with Crippen LogP contribution >= 0.6 is 0 Å². The average molecular weight is 348 g/mol. The molecule has 0 nitrogen and oxygen atoms in total. The van der Waals surface area contributed by atoms with Crippen molar-refractivity contribution < 1.29 is 0 Å². The van der Waals surface area contributed by atoms with E-state index < -0.39 is 0 Å². The summed E-state index contributed by atoms with van der Waals surface area (Å²) in [7, 11) is 0. The maximum absolute atomic E-state index is 2.44. The first-order valence-electron chi connectivity index (χ1n) is 10.2. The topological polar surface area (TPSA) is 0 Å². The molecule has 0 saturated heterocycles. The predicted octanol–water partition coefficient (Wildman–Crippen LogP) is 6.55. The Morgan fingerprint density at radius 2 is 1.70 bits per heavy atom. The quantitative estimate of drug-likeness (QED) is 0.540. The molecule has 4 aliphatic rings. The predicted molar refractivity (Wildman–Crippen MR) is 112 cm³/mol. The maximum atomic E-state index is 2.44. The van der Waals surface area contributed by atoms with Gasteiger partial charge in [-0.05, 0) is 41.5 Å². The lowest BCUT2D eigenvalue weighted by Gasteiger charge is -2.43. The molecule has 0 amide bonds. The Balaban J connectivity index is 1.60. The number of hydrogen-bond donors (Lipinski definition) is 0. The summed E-state index contributed by atoms with van der Waals surface area (Å²) < 4.78 is 0. The van der Waals surface area contributed by atoms with E-state index in [0.717, 1.165) is 0 Å². The molecule has 1 fully saturated rings. The van der Waals surface area contributed by atoms with Gasteiger partial charge in [0.2, 0.25) is 0 Å². The second-order valence-corrected chi connectivity index (χ2v) is 8.40. The molecule has 0 heterocycles. The van der Waals surface area contributed by atoms with Gasteiger partial charge in [-0.15, -0.1) is 0 Å². The highest BCUT2D eigenvalue weighted by molar-refractivity contribution is 5.70. The summed E-state index contributed by atoms with van der Waals surface area (Å²) in [6.07, 6.45) is 17.3. The Kier molecular flexibility index (Phi) is 3.12. The smallest absolute Gasteiger partial charge is 0.0314 e. The van der Waals surface area contributed by atoms with Crippen LogP contribution in [-0.2, 0) is 5.41 Å². The van der Waals surface area contributed by atoms with Crippen LogP contribution in [0.25, 0.3) is 0 Å². The van der Waals surface area contributed by atoms with Crippen molar-refractivity contribution in [2.24, 2.45) is 5.92 Å². The standard InChI is InChI=1S/C27H24/c1-2-3-4-10-18-17-25-21-13-6-5-12-20(21)22-14-9-16-24-26(22)27(24,25)23-15-8-7-11-19(18)23/h2-16,18,22,25-26H,17H2,1H3/b3-2-,10-4-/t18?,22?,25-,26?,27-/m1/s1. The summed E-state index contributed by atoms with van der Waals surface area (Å²) in [5.41, 5.74) is 8.22. The Bertz CT molecular complexity index is 1050. The Morgan fingerprint density at radius 3 is 2.56 bits per heavy atom. The highest BCUT2D eigenvalue weighted by atomic mass is 14.7. The summed E-state index contributed by atoms with van der Waals surface area (Å²) in [4.78, 5) is 0. The lowest BCUT2D eigenvalue weighted by molar-refractivity contribution is 0.377. The van der Waals surface area contributed by atoms with Crippen LogP contribution in [0.15, 0.2) is 96.6 Å². The SMILES string of the molecule is C/C=C\C=C/C1C[C@@H]2c3ccccc3C3C=CC=C4C3[C@]42c2ccccc21. The largest absolute Gasteiger partial charge is 0.0877 e. The first-order chi connectivity index (χ1) is 13.4. The number of rotatable bonds is 2. The molecule has 0 radical (unpaired) electrons. The van der Waals surface area contributed by atoms with Gasteiger partial charge in [-0.3, -0.25) is 0 Å². The fourth-order valence-corrected chi connectivity index (χ4v) is 6.47. The van der Waals surface area contributed by atoms with Crippen LogP contribution < -0.4 is 0 Å². The normalized spacial score (nSPS) is 34.6. The van der Waals surface area contributed by atoms with Crippen LogP contribution in [0.4, 0.5) is 0 Å². The Labute approximate surface area is 161 Å². The second kappa shape index (κ2) is 5.45. The van der Waals surface area contributed by atoms with E-state index in [9.17, 15) is 0 Å². The third-order valence-electron chi connectivity index (χ3n) is 7.40. The van der Waals surface area contributed by atoms with Crippen LogP contribution in [0.3, 0.4) is 0 Å². The van der Waals surface area contributed by atoms with Crippen molar-refractivity contribution in [3.63, 3.8) is 0 Å². The molecule has 0 aromatic heterocycles. The zero-order valence-electron chi connectivity index (χ0n) is 15.7. The molecule has 6 rings (SSSR count). The van der Waals surface area contributed by atoms with Crippen molar-refractivity contribution in [3.05, 3.63) is 119 Å². The van der Waals surface area contributed by atoms with Crippen molar-refractivity contribution in [2.45, 2.75) is 36.5 Å². The van der Waals surface area contributed by atoms with E-state index in [1.54, 1.807) is 27.8 Å². The van der Waals surface area contributed by atoms with Gasteiger partial charge in [-0.2, -0.15) is 0 Å². The molecule has 0 bridgehead atoms. The van der Waals surface area contributed by atoms with Gasteiger partial charge in [0.15, 0.2) is 0 Å². The molecule has 0 heteroatoms. The molecule has 1 saturated carbocycles. The summed E-state index contributed by atoms with van der Waals surface area (Å²) in [6, 6.07) is 18.5. The molecule has 27 heavy (non-hydrogen) atoms. The van der Waals surface area contributed by atoms with Crippen LogP contribution in [0.5, 0.6) is 0 Å². The van der Waals surface area contributed by atoms with Gasteiger partial charge in [0, 0.05) is 23.2 Å². The third kappa shape index (κ3) is 1.84. The fraction of sp³-hybridized carbons (Fsp3) is 0.259. The molecule has 0 N–H and O–H groups in total. The Morgan fingerprint density at radius 1 is 0.926 bits per heavy atom. The molecule has 2 aromatic rings. The molecule has 3 unspecified atom stereocenters. The zero-order valence-corrected chi connectivity index (χ0v) is 15.7. The minimum absolute atomic E-state index is 0.240. The third-order valence-corrected chi connectivity index (χ3v) is 7.40. The average Bonchev–Trinajstić information content (AvgIpc) is 3.40. The van der Waals surface area contributed by atoms with E-state index >= 15 is 0 Å². The van der Waals surface area contributed by atoms with Crippen molar-refractivity contribution in [1.82, 2.24) is 0 Å². The lowest BCUT2D eigenvalue weighted by atomic mass is 9.59. The summed E-state index contributed by atoms with van der Waals surface area (Å²) >= 11 is 0. The molecule has 1 spiro atoms. The molecule has 132 valence electrons. The van der Waals surface area contributed by atoms with E-state index in [1.165, 1.54) is 6.42 Å². The van der Waals surface area contributed by atoms with E-state index in [4.69, 9.17) is 0 Å². The van der Waals surface area contributed by atoms with Gasteiger partial charge < -0.3 is 0 Å². The van der Waals surface area contributed by atoms with Gasteiger partial charge in [0.05, 0.1) is 0 Å². The van der Waals surface area contributed by atoms with Gasteiger partial charge in [0.25, 0.3) is 0 Å².